The molecule has 0 unspecified atom stereocenters. The van der Waals surface area contributed by atoms with Crippen molar-refractivity contribution in [1.29, 1.82) is 0 Å². The largest absolute Gasteiger partial charge is 0.309 e. The van der Waals surface area contributed by atoms with E-state index in [1.807, 2.05) is 36.8 Å². The molecule has 0 atom stereocenters. The minimum Gasteiger partial charge on any atom is -0.309 e. The van der Waals surface area contributed by atoms with Gasteiger partial charge >= 0.3 is 0 Å². The van der Waals surface area contributed by atoms with Crippen LogP contribution in [0.1, 0.15) is 0 Å². The van der Waals surface area contributed by atoms with Crippen molar-refractivity contribution >= 4 is 153 Å². The topological polar surface area (TPSA) is 68.2 Å². The number of para-hydroxylation sites is 7. The van der Waals surface area contributed by atoms with Crippen LogP contribution in [-0.4, -0.2) is 42.4 Å². The molecule has 0 aliphatic rings. The predicted octanol–water partition coefficient (Wildman–Crippen LogP) is 29.1. The third-order valence-electron chi connectivity index (χ3n) is 24.6. The van der Waals surface area contributed by atoms with E-state index in [2.05, 4.69) is 434 Å². The summed E-state index contributed by atoms with van der Waals surface area (Å²) in [6.07, 6.45) is 5.66. The number of benzene rings is 17. The molecule has 570 valence electrons. The van der Waals surface area contributed by atoms with Crippen LogP contribution in [0.5, 0.6) is 0 Å². The number of aromatic nitrogens is 9. The first-order valence-electron chi connectivity index (χ1n) is 41.6. The van der Waals surface area contributed by atoms with Gasteiger partial charge in [0.15, 0.2) is 0 Å². The summed E-state index contributed by atoms with van der Waals surface area (Å²) < 4.78 is 14.1. The Morgan fingerprint density at radius 1 is 0.156 bits per heavy atom. The van der Waals surface area contributed by atoms with Gasteiger partial charge in [0.25, 0.3) is 0 Å². The highest BCUT2D eigenvalue weighted by molar-refractivity contribution is 6.25. The van der Waals surface area contributed by atoms with E-state index in [4.69, 9.17) is 15.0 Å². The van der Waals surface area contributed by atoms with E-state index >= 15 is 0 Å². The second-order valence-electron chi connectivity index (χ2n) is 31.3. The predicted molar refractivity (Wildman–Crippen MR) is 510 cm³/mol. The van der Waals surface area contributed by atoms with Gasteiger partial charge < -0.3 is 18.3 Å². The number of fused-ring (bicyclic) bond motifs is 20. The molecule has 0 radical (unpaired) electrons. The molecule has 0 fully saturated rings. The zero-order valence-corrected chi connectivity index (χ0v) is 66.2. The van der Waals surface area contributed by atoms with E-state index < -0.39 is 0 Å². The second-order valence-corrected chi connectivity index (χ2v) is 31.3. The van der Waals surface area contributed by atoms with Gasteiger partial charge in [0.1, 0.15) is 11.3 Å². The average Bonchev–Trinajstić information content (AvgIpc) is 1.56. The molecule has 26 aromatic rings. The van der Waals surface area contributed by atoms with Crippen LogP contribution in [0.15, 0.2) is 443 Å². The van der Waals surface area contributed by atoms with Crippen LogP contribution in [0.3, 0.4) is 0 Å². The van der Waals surface area contributed by atoms with Crippen molar-refractivity contribution in [3.8, 4) is 67.5 Å². The van der Waals surface area contributed by atoms with Crippen LogP contribution < -0.4 is 0 Å². The molecular formula is C113H73N9. The summed E-state index contributed by atoms with van der Waals surface area (Å²) in [6.45, 7) is 0. The molecular weight excluding hydrogens is 1480 g/mol. The van der Waals surface area contributed by atoms with E-state index in [0.717, 1.165) is 72.1 Å². The summed E-state index contributed by atoms with van der Waals surface area (Å²) >= 11 is 0. The Hall–Kier alpha value is -16.5. The second kappa shape index (κ2) is 28.7. The Morgan fingerprint density at radius 3 is 0.885 bits per heavy atom. The van der Waals surface area contributed by atoms with Crippen molar-refractivity contribution in [2.45, 2.75) is 0 Å². The first-order valence-corrected chi connectivity index (χ1v) is 41.6. The van der Waals surface area contributed by atoms with Gasteiger partial charge in [-0.1, -0.05) is 255 Å². The number of hydrogen-bond donors (Lipinski definition) is 0. The zero-order valence-electron chi connectivity index (χ0n) is 66.2. The van der Waals surface area contributed by atoms with E-state index in [0.29, 0.717) is 0 Å². The van der Waals surface area contributed by atoms with E-state index in [1.165, 1.54) is 148 Å². The van der Waals surface area contributed by atoms with Gasteiger partial charge in [-0.05, 0) is 225 Å². The van der Waals surface area contributed by atoms with Crippen molar-refractivity contribution in [1.82, 2.24) is 42.4 Å². The lowest BCUT2D eigenvalue weighted by Gasteiger charge is -2.11. The SMILES string of the molecule is c1ccc(-n2c3ccc(-c4cccc5c4c4ccccc4n5-c4ccc5ccccc5c4)cc3c3ncccc32)cc1.c1ccc(-n2c3cccc(-c4cccc5c4c4ccccc4n5-c4ccc5ccccc5c4)c3c3cccnc32)cc1.c1ccc(-n2c3ccccc3c3c(-c4cccc5c4c4cccnc4n5-c4ccccc4)cccc32)cc1. The molecule has 9 nitrogen and oxygen atoms in total. The molecule has 17 aromatic carbocycles. The fraction of sp³-hybridized carbons (Fsp3) is 0. The van der Waals surface area contributed by atoms with Gasteiger partial charge in [-0.2, -0.15) is 0 Å². The van der Waals surface area contributed by atoms with E-state index in [1.54, 1.807) is 0 Å². The van der Waals surface area contributed by atoms with Crippen LogP contribution in [0.2, 0.25) is 0 Å². The molecule has 0 aliphatic heterocycles. The molecule has 0 saturated carbocycles. The third-order valence-corrected chi connectivity index (χ3v) is 24.6. The maximum absolute atomic E-state index is 4.87. The van der Waals surface area contributed by atoms with Gasteiger partial charge in [-0.25, -0.2) is 9.97 Å². The number of nitrogens with zero attached hydrogens (tertiary/aromatic N) is 9. The summed E-state index contributed by atoms with van der Waals surface area (Å²) in [5, 5.41) is 18.4. The molecule has 0 spiro atoms. The standard InChI is InChI=1S/2C39H25N3.C35H23N3/c1-2-13-28(14-3-1)42-36-21-9-17-31(38(36)33-18-10-24-40-39(33)42)30-16-8-20-35-37(30)32-15-6-7-19-34(32)41(35)29-23-22-26-11-4-5-12-27(26)25-29;1-2-12-29(13-3-1)41-35-22-20-28(25-33(35)39-37(41)18-9-23-40-39)31-15-8-17-36-38(31)32-14-6-7-16-34(32)42(36)30-21-19-26-10-4-5-11-27(26)24-30;1-3-12-24(13-4-1)37-30-20-8-7-16-28(30)33-26(17-9-21-31(33)37)27-18-10-22-32-34(27)29-19-11-23-36-35(29)38(32)25-14-5-2-6-15-25/h2*1-25H;1-23H. The zero-order chi connectivity index (χ0) is 80.3. The first-order chi connectivity index (χ1) is 60.6. The Kier molecular flexibility index (Phi) is 16.4. The van der Waals surface area contributed by atoms with E-state index in [-0.39, 0.29) is 0 Å². The molecule has 0 N–H and O–H groups in total. The number of hydrogen-bond acceptors (Lipinski definition) is 3. The van der Waals surface area contributed by atoms with Gasteiger partial charge in [0.05, 0.1) is 60.7 Å². The lowest BCUT2D eigenvalue weighted by molar-refractivity contribution is 1.14. The molecule has 0 saturated heterocycles. The first kappa shape index (κ1) is 69.8. The van der Waals surface area contributed by atoms with Crippen LogP contribution in [0.4, 0.5) is 0 Å². The Labute approximate surface area is 701 Å². The molecule has 0 bridgehead atoms. The molecule has 0 aliphatic carbocycles. The minimum absolute atomic E-state index is 0.969. The van der Waals surface area contributed by atoms with Crippen molar-refractivity contribution in [3.05, 3.63) is 443 Å². The van der Waals surface area contributed by atoms with Crippen LogP contribution in [0, 0.1) is 0 Å². The summed E-state index contributed by atoms with van der Waals surface area (Å²) in [5.41, 5.74) is 28.9. The Morgan fingerprint density at radius 2 is 0.451 bits per heavy atom. The van der Waals surface area contributed by atoms with E-state index in [9.17, 15) is 0 Å². The molecule has 26 rings (SSSR count). The molecule has 9 heterocycles. The third kappa shape index (κ3) is 11.1. The van der Waals surface area contributed by atoms with Gasteiger partial charge in [0, 0.05) is 112 Å². The van der Waals surface area contributed by atoms with Crippen LogP contribution >= 0.6 is 0 Å². The molecule has 9 heteroatoms. The van der Waals surface area contributed by atoms with Crippen molar-refractivity contribution < 1.29 is 0 Å². The molecule has 9 aromatic heterocycles. The van der Waals surface area contributed by atoms with Crippen molar-refractivity contribution in [2.24, 2.45) is 0 Å². The number of rotatable bonds is 9. The summed E-state index contributed by atoms with van der Waals surface area (Å²) in [5.74, 6) is 0. The van der Waals surface area contributed by atoms with Crippen molar-refractivity contribution in [3.63, 3.8) is 0 Å². The van der Waals surface area contributed by atoms with Gasteiger partial charge in [-0.15, -0.1) is 0 Å². The normalized spacial score (nSPS) is 11.8. The van der Waals surface area contributed by atoms with Crippen molar-refractivity contribution in [2.75, 3.05) is 0 Å². The Bertz CT molecular complexity index is 8490. The average molecular weight is 1560 g/mol. The van der Waals surface area contributed by atoms with Gasteiger partial charge in [0.2, 0.25) is 0 Å². The number of pyridine rings is 3. The summed E-state index contributed by atoms with van der Waals surface area (Å²) in [6, 6.07) is 152. The fourth-order valence-electron chi connectivity index (χ4n) is 19.6. The summed E-state index contributed by atoms with van der Waals surface area (Å²) in [7, 11) is 0. The van der Waals surface area contributed by atoms with Gasteiger partial charge in [-0.3, -0.25) is 14.1 Å². The van der Waals surface area contributed by atoms with Crippen LogP contribution in [-0.2, 0) is 0 Å². The maximum Gasteiger partial charge on any atom is 0.145 e. The highest BCUT2D eigenvalue weighted by Crippen LogP contribution is 2.48. The lowest BCUT2D eigenvalue weighted by Crippen LogP contribution is -1.94. The minimum atomic E-state index is 0.969. The monoisotopic (exact) mass is 1560 g/mol. The van der Waals surface area contributed by atoms with Crippen LogP contribution in [0.25, 0.3) is 220 Å². The Balaban J connectivity index is 0.000000104. The smallest absolute Gasteiger partial charge is 0.145 e. The lowest BCUT2D eigenvalue weighted by atomic mass is 9.95. The molecule has 0 amide bonds. The molecule has 122 heavy (non-hydrogen) atoms. The summed E-state index contributed by atoms with van der Waals surface area (Å²) in [4.78, 5) is 14.6. The highest BCUT2D eigenvalue weighted by atomic mass is 15.1. The highest BCUT2D eigenvalue weighted by Gasteiger charge is 2.26. The maximum atomic E-state index is 4.87. The quantitative estimate of drug-likeness (QED) is 0.145. The fourth-order valence-corrected chi connectivity index (χ4v) is 19.6.